The normalized spacial score (nSPS) is 10.2. The zero-order chi connectivity index (χ0) is 15.1. The average molecular weight is 310 g/mol. The summed E-state index contributed by atoms with van der Waals surface area (Å²) in [7, 11) is 3.22. The zero-order valence-electron chi connectivity index (χ0n) is 11.8. The van der Waals surface area contributed by atoms with Gasteiger partial charge in [-0.05, 0) is 18.2 Å². The van der Waals surface area contributed by atoms with Crippen LogP contribution in [-0.2, 0) is 4.74 Å². The summed E-state index contributed by atoms with van der Waals surface area (Å²) in [6, 6.07) is 5.28. The number of anilines is 3. The third-order valence-electron chi connectivity index (χ3n) is 2.57. The van der Waals surface area contributed by atoms with Crippen LogP contribution < -0.4 is 15.4 Å². The molecular formula is C13H16ClN5O2. The number of rotatable bonds is 7. The van der Waals surface area contributed by atoms with Crippen molar-refractivity contribution in [1.82, 2.24) is 15.2 Å². The lowest BCUT2D eigenvalue weighted by Gasteiger charge is -2.11. The van der Waals surface area contributed by atoms with Crippen molar-refractivity contribution in [2.75, 3.05) is 38.0 Å². The van der Waals surface area contributed by atoms with Crippen LogP contribution in [0.2, 0.25) is 5.02 Å². The summed E-state index contributed by atoms with van der Waals surface area (Å²) >= 11 is 5.99. The van der Waals surface area contributed by atoms with E-state index in [1.807, 2.05) is 0 Å². The summed E-state index contributed by atoms with van der Waals surface area (Å²) in [5.41, 5.74) is 0.702. The van der Waals surface area contributed by atoms with E-state index in [0.29, 0.717) is 41.4 Å². The van der Waals surface area contributed by atoms with Crippen LogP contribution in [0.15, 0.2) is 24.4 Å². The molecule has 1 aromatic carbocycles. The van der Waals surface area contributed by atoms with Crippen LogP contribution in [-0.4, -0.2) is 42.6 Å². The predicted molar refractivity (Wildman–Crippen MR) is 81.5 cm³/mol. The first-order valence-corrected chi connectivity index (χ1v) is 6.64. The van der Waals surface area contributed by atoms with Crippen LogP contribution in [0.25, 0.3) is 0 Å². The smallest absolute Gasteiger partial charge is 0.244 e. The predicted octanol–water partition coefficient (Wildman–Crippen LogP) is 2.34. The van der Waals surface area contributed by atoms with E-state index in [2.05, 4.69) is 25.8 Å². The number of methoxy groups -OCH3 is 2. The number of hydrogen-bond acceptors (Lipinski definition) is 7. The molecular weight excluding hydrogens is 294 g/mol. The fourth-order valence-electron chi connectivity index (χ4n) is 1.62. The van der Waals surface area contributed by atoms with Crippen molar-refractivity contribution >= 4 is 29.1 Å². The highest BCUT2D eigenvalue weighted by Gasteiger charge is 2.06. The van der Waals surface area contributed by atoms with Crippen LogP contribution >= 0.6 is 11.6 Å². The van der Waals surface area contributed by atoms with Gasteiger partial charge in [-0.1, -0.05) is 11.6 Å². The van der Waals surface area contributed by atoms with Gasteiger partial charge in [0.2, 0.25) is 5.95 Å². The standard InChI is InChI=1S/C13H16ClN5O2/c1-20-6-5-15-13-18-12(8-16-19-13)17-10-7-9(14)3-4-11(10)21-2/h3-4,7-8H,5-6H2,1-2H3,(H2,15,17,18,19). The molecule has 0 saturated carbocycles. The molecule has 0 radical (unpaired) electrons. The number of nitrogens with zero attached hydrogens (tertiary/aromatic N) is 3. The van der Waals surface area contributed by atoms with Crippen LogP contribution in [0.5, 0.6) is 5.75 Å². The van der Waals surface area contributed by atoms with Gasteiger partial charge in [0.05, 0.1) is 25.6 Å². The van der Waals surface area contributed by atoms with Gasteiger partial charge in [-0.15, -0.1) is 5.10 Å². The van der Waals surface area contributed by atoms with Crippen LogP contribution in [0.1, 0.15) is 0 Å². The Hall–Kier alpha value is -2.12. The van der Waals surface area contributed by atoms with Crippen molar-refractivity contribution in [3.8, 4) is 5.75 Å². The summed E-state index contributed by atoms with van der Waals surface area (Å²) in [6.45, 7) is 1.16. The maximum absolute atomic E-state index is 5.99. The highest BCUT2D eigenvalue weighted by Crippen LogP contribution is 2.29. The van der Waals surface area contributed by atoms with Gasteiger partial charge in [-0.2, -0.15) is 10.1 Å². The van der Waals surface area contributed by atoms with Gasteiger partial charge in [0.15, 0.2) is 5.82 Å². The summed E-state index contributed by atoms with van der Waals surface area (Å²) < 4.78 is 10.2. The lowest BCUT2D eigenvalue weighted by Crippen LogP contribution is -2.11. The molecule has 0 atom stereocenters. The minimum atomic E-state index is 0.415. The molecule has 2 N–H and O–H groups in total. The Bertz CT molecular complexity index is 597. The van der Waals surface area contributed by atoms with E-state index in [4.69, 9.17) is 21.1 Å². The van der Waals surface area contributed by atoms with E-state index in [0.717, 1.165) is 0 Å². The molecule has 8 heteroatoms. The molecule has 21 heavy (non-hydrogen) atoms. The fraction of sp³-hybridized carbons (Fsp3) is 0.308. The van der Waals surface area contributed by atoms with Crippen LogP contribution in [0.4, 0.5) is 17.5 Å². The maximum atomic E-state index is 5.99. The molecule has 0 bridgehead atoms. The van der Waals surface area contributed by atoms with E-state index >= 15 is 0 Å². The Kier molecular flexibility index (Phi) is 5.53. The van der Waals surface area contributed by atoms with Gasteiger partial charge in [-0.25, -0.2) is 0 Å². The van der Waals surface area contributed by atoms with Gasteiger partial charge >= 0.3 is 0 Å². The molecule has 7 nitrogen and oxygen atoms in total. The first kappa shape index (κ1) is 15.3. The molecule has 2 aromatic rings. The SMILES string of the molecule is COCCNc1nncc(Nc2cc(Cl)ccc2OC)n1. The van der Waals surface area contributed by atoms with Crippen molar-refractivity contribution in [3.63, 3.8) is 0 Å². The molecule has 1 aromatic heterocycles. The van der Waals surface area contributed by atoms with E-state index in [-0.39, 0.29) is 0 Å². The van der Waals surface area contributed by atoms with Gasteiger partial charge < -0.3 is 20.1 Å². The number of halogens is 1. The molecule has 0 amide bonds. The Morgan fingerprint density at radius 3 is 2.90 bits per heavy atom. The first-order chi connectivity index (χ1) is 10.2. The number of hydrogen-bond donors (Lipinski definition) is 2. The van der Waals surface area contributed by atoms with E-state index < -0.39 is 0 Å². The van der Waals surface area contributed by atoms with Crippen molar-refractivity contribution < 1.29 is 9.47 Å². The number of ether oxygens (including phenoxy) is 2. The minimum absolute atomic E-state index is 0.415. The van der Waals surface area contributed by atoms with Gasteiger partial charge in [-0.3, -0.25) is 0 Å². The lowest BCUT2D eigenvalue weighted by molar-refractivity contribution is 0.210. The number of aromatic nitrogens is 3. The molecule has 0 spiro atoms. The molecule has 1 heterocycles. The van der Waals surface area contributed by atoms with Gasteiger partial charge in [0.25, 0.3) is 0 Å². The average Bonchev–Trinajstić information content (AvgIpc) is 2.48. The fourth-order valence-corrected chi connectivity index (χ4v) is 1.79. The van der Waals surface area contributed by atoms with Crippen molar-refractivity contribution in [2.24, 2.45) is 0 Å². The third kappa shape index (κ3) is 4.44. The molecule has 2 rings (SSSR count). The van der Waals surface area contributed by atoms with Crippen LogP contribution in [0.3, 0.4) is 0 Å². The molecule has 0 fully saturated rings. The van der Waals surface area contributed by atoms with Crippen LogP contribution in [0, 0.1) is 0 Å². The van der Waals surface area contributed by atoms with Crippen molar-refractivity contribution in [3.05, 3.63) is 29.4 Å². The lowest BCUT2D eigenvalue weighted by atomic mass is 10.3. The highest BCUT2D eigenvalue weighted by atomic mass is 35.5. The number of nitrogens with one attached hydrogen (secondary N) is 2. The molecule has 0 aliphatic rings. The minimum Gasteiger partial charge on any atom is -0.495 e. The second-order valence-electron chi connectivity index (χ2n) is 4.05. The number of benzene rings is 1. The Morgan fingerprint density at radius 2 is 2.14 bits per heavy atom. The summed E-state index contributed by atoms with van der Waals surface area (Å²) in [5, 5.41) is 14.5. The van der Waals surface area contributed by atoms with E-state index in [9.17, 15) is 0 Å². The van der Waals surface area contributed by atoms with Gasteiger partial charge in [0, 0.05) is 18.7 Å². The maximum Gasteiger partial charge on any atom is 0.244 e. The van der Waals surface area contributed by atoms with E-state index in [1.54, 1.807) is 32.4 Å². The van der Waals surface area contributed by atoms with E-state index in [1.165, 1.54) is 6.20 Å². The Balaban J connectivity index is 2.12. The molecule has 0 saturated heterocycles. The topological polar surface area (TPSA) is 81.2 Å². The highest BCUT2D eigenvalue weighted by molar-refractivity contribution is 6.31. The zero-order valence-corrected chi connectivity index (χ0v) is 12.5. The molecule has 0 aliphatic carbocycles. The molecule has 0 aliphatic heterocycles. The summed E-state index contributed by atoms with van der Waals surface area (Å²) in [5.74, 6) is 1.61. The second-order valence-corrected chi connectivity index (χ2v) is 4.49. The first-order valence-electron chi connectivity index (χ1n) is 6.26. The third-order valence-corrected chi connectivity index (χ3v) is 2.81. The Labute approximate surface area is 127 Å². The van der Waals surface area contributed by atoms with Crippen molar-refractivity contribution in [2.45, 2.75) is 0 Å². The largest absolute Gasteiger partial charge is 0.495 e. The molecule has 112 valence electrons. The molecule has 0 unspecified atom stereocenters. The Morgan fingerprint density at radius 1 is 1.29 bits per heavy atom. The summed E-state index contributed by atoms with van der Waals surface area (Å²) in [6.07, 6.45) is 1.52. The van der Waals surface area contributed by atoms with Crippen molar-refractivity contribution in [1.29, 1.82) is 0 Å². The summed E-state index contributed by atoms with van der Waals surface area (Å²) in [4.78, 5) is 4.29. The monoisotopic (exact) mass is 309 g/mol. The van der Waals surface area contributed by atoms with Gasteiger partial charge in [0.1, 0.15) is 5.75 Å². The second kappa shape index (κ2) is 7.61. The quantitative estimate of drug-likeness (QED) is 0.760.